The van der Waals surface area contributed by atoms with Gasteiger partial charge in [0.25, 0.3) is 0 Å². The van der Waals surface area contributed by atoms with E-state index < -0.39 is 0 Å². The molecule has 0 bridgehead atoms. The molecule has 0 aliphatic carbocycles. The summed E-state index contributed by atoms with van der Waals surface area (Å²) in [6.45, 7) is 6.31. The van der Waals surface area contributed by atoms with E-state index in [1.54, 1.807) is 0 Å². The summed E-state index contributed by atoms with van der Waals surface area (Å²) < 4.78 is 4.91. The highest BCUT2D eigenvalue weighted by Gasteiger charge is 2.17. The van der Waals surface area contributed by atoms with Crippen LogP contribution >= 0.6 is 11.3 Å². The molecule has 0 saturated carbocycles. The molecule has 0 saturated heterocycles. The average Bonchev–Trinajstić information content (AvgIpc) is 3.35. The fourth-order valence-corrected chi connectivity index (χ4v) is 5.75. The molecule has 2 aromatic heterocycles. The van der Waals surface area contributed by atoms with Crippen molar-refractivity contribution in [3.05, 3.63) is 103 Å². The van der Waals surface area contributed by atoms with E-state index in [1.165, 1.54) is 42.0 Å². The summed E-state index contributed by atoms with van der Waals surface area (Å²) in [4.78, 5) is 4.94. The van der Waals surface area contributed by atoms with E-state index in [4.69, 9.17) is 4.99 Å². The van der Waals surface area contributed by atoms with Crippen LogP contribution in [0.4, 0.5) is 0 Å². The third-order valence-corrected chi connectivity index (χ3v) is 7.10. The van der Waals surface area contributed by atoms with Gasteiger partial charge in [-0.25, -0.2) is 4.99 Å². The lowest BCUT2D eigenvalue weighted by Crippen LogP contribution is -2.07. The molecular formula is C28H20N2S. The molecular weight excluding hydrogens is 396 g/mol. The lowest BCUT2D eigenvalue weighted by molar-refractivity contribution is 1.25. The first-order chi connectivity index (χ1) is 15.2. The Kier molecular flexibility index (Phi) is 4.05. The van der Waals surface area contributed by atoms with Crippen molar-refractivity contribution in [2.24, 2.45) is 4.99 Å². The molecule has 0 aliphatic heterocycles. The first-order valence-corrected chi connectivity index (χ1v) is 11.2. The zero-order valence-electron chi connectivity index (χ0n) is 17.2. The van der Waals surface area contributed by atoms with Gasteiger partial charge < -0.3 is 0 Å². The van der Waals surface area contributed by atoms with Crippen molar-refractivity contribution in [1.82, 2.24) is 4.57 Å². The van der Waals surface area contributed by atoms with Gasteiger partial charge in [0.1, 0.15) is 5.84 Å². The van der Waals surface area contributed by atoms with Crippen LogP contribution in [0, 0.1) is 0 Å². The molecule has 0 aliphatic rings. The van der Waals surface area contributed by atoms with Crippen LogP contribution in [0.3, 0.4) is 0 Å². The smallest absolute Gasteiger partial charge is 0.111 e. The highest BCUT2D eigenvalue weighted by Crippen LogP contribution is 2.41. The Balaban J connectivity index is 1.70. The molecule has 2 heterocycles. The Morgan fingerprint density at radius 2 is 1.42 bits per heavy atom. The van der Waals surface area contributed by atoms with Gasteiger partial charge in [-0.3, -0.25) is 4.57 Å². The Bertz CT molecular complexity index is 1650. The van der Waals surface area contributed by atoms with Gasteiger partial charge in [-0.1, -0.05) is 85.4 Å². The zero-order chi connectivity index (χ0) is 20.9. The highest BCUT2D eigenvalue weighted by atomic mass is 32.1. The van der Waals surface area contributed by atoms with Crippen LogP contribution in [0.15, 0.2) is 103 Å². The van der Waals surface area contributed by atoms with E-state index in [2.05, 4.69) is 90.9 Å². The van der Waals surface area contributed by atoms with Gasteiger partial charge in [0.2, 0.25) is 0 Å². The number of hydrogen-bond donors (Lipinski definition) is 0. The Morgan fingerprint density at radius 1 is 0.742 bits per heavy atom. The van der Waals surface area contributed by atoms with Crippen molar-refractivity contribution in [2.75, 3.05) is 0 Å². The largest absolute Gasteiger partial charge is 0.296 e. The lowest BCUT2D eigenvalue weighted by Gasteiger charge is -2.09. The van der Waals surface area contributed by atoms with Gasteiger partial charge in [0.15, 0.2) is 0 Å². The zero-order valence-corrected chi connectivity index (χ0v) is 18.0. The number of aliphatic imine (C=N–C) groups is 1. The summed E-state index contributed by atoms with van der Waals surface area (Å²) >= 11 is 1.85. The van der Waals surface area contributed by atoms with E-state index in [0.717, 1.165) is 17.1 Å². The molecule has 0 spiro atoms. The SMILES string of the molecule is C=C(N=C(C)n1c2ccccc2c2ccc3c4ccccc4sc3c21)c1ccccc1. The van der Waals surface area contributed by atoms with Crippen LogP contribution in [0.1, 0.15) is 12.5 Å². The number of nitrogens with zero attached hydrogens (tertiary/aromatic N) is 2. The standard InChI is InChI=1S/C28H20N2S/c1-18(20-10-4-3-5-11-20)29-19(2)30-25-14-8-6-12-21(25)23-16-17-24-22-13-7-9-15-26(22)31-28(24)27(23)30/h3-17H,1H2,2H3. The normalized spacial score (nSPS) is 12.4. The predicted octanol–water partition coefficient (Wildman–Crippen LogP) is 8.10. The molecule has 0 unspecified atom stereocenters. The minimum absolute atomic E-state index is 0.771. The average molecular weight is 417 g/mol. The van der Waals surface area contributed by atoms with Crippen molar-refractivity contribution >= 4 is 64.8 Å². The van der Waals surface area contributed by atoms with E-state index in [1.807, 2.05) is 29.5 Å². The Labute approximate surface area is 184 Å². The van der Waals surface area contributed by atoms with Gasteiger partial charge >= 0.3 is 0 Å². The van der Waals surface area contributed by atoms with Crippen LogP contribution < -0.4 is 0 Å². The minimum Gasteiger partial charge on any atom is -0.296 e. The third kappa shape index (κ3) is 2.74. The highest BCUT2D eigenvalue weighted by molar-refractivity contribution is 7.26. The van der Waals surface area contributed by atoms with Crippen molar-refractivity contribution in [1.29, 1.82) is 0 Å². The molecule has 6 aromatic rings. The number of aromatic nitrogens is 1. The molecule has 0 amide bonds. The van der Waals surface area contributed by atoms with Gasteiger partial charge in [0.05, 0.1) is 21.4 Å². The van der Waals surface area contributed by atoms with E-state index in [0.29, 0.717) is 0 Å². The first kappa shape index (κ1) is 18.1. The Hall–Kier alpha value is -3.69. The van der Waals surface area contributed by atoms with E-state index in [9.17, 15) is 0 Å². The Morgan fingerprint density at radius 3 is 2.26 bits per heavy atom. The fourth-order valence-electron chi connectivity index (χ4n) is 4.51. The molecule has 3 heteroatoms. The summed E-state index contributed by atoms with van der Waals surface area (Å²) in [5.41, 5.74) is 4.20. The summed E-state index contributed by atoms with van der Waals surface area (Å²) in [6.07, 6.45) is 0. The summed E-state index contributed by atoms with van der Waals surface area (Å²) in [5.74, 6) is 0.921. The van der Waals surface area contributed by atoms with Crippen LogP contribution in [0.2, 0.25) is 0 Å². The van der Waals surface area contributed by atoms with Gasteiger partial charge in [-0.05, 0) is 24.6 Å². The molecule has 4 aromatic carbocycles. The second kappa shape index (κ2) is 6.93. The van der Waals surface area contributed by atoms with Gasteiger partial charge in [-0.15, -0.1) is 11.3 Å². The van der Waals surface area contributed by atoms with Crippen LogP contribution in [-0.2, 0) is 0 Å². The summed E-state index contributed by atoms with van der Waals surface area (Å²) in [7, 11) is 0. The lowest BCUT2D eigenvalue weighted by atomic mass is 10.1. The molecule has 0 radical (unpaired) electrons. The predicted molar refractivity (Wildman–Crippen MR) is 136 cm³/mol. The monoisotopic (exact) mass is 416 g/mol. The van der Waals surface area contributed by atoms with Crippen molar-refractivity contribution in [2.45, 2.75) is 6.92 Å². The van der Waals surface area contributed by atoms with Crippen LogP contribution in [-0.4, -0.2) is 10.4 Å². The molecule has 0 fully saturated rings. The molecule has 2 nitrogen and oxygen atoms in total. The number of para-hydroxylation sites is 1. The first-order valence-electron chi connectivity index (χ1n) is 10.4. The number of thiophene rings is 1. The topological polar surface area (TPSA) is 17.3 Å². The van der Waals surface area contributed by atoms with Crippen molar-refractivity contribution < 1.29 is 0 Å². The number of benzene rings is 4. The second-order valence-electron chi connectivity index (χ2n) is 7.76. The maximum atomic E-state index is 4.94. The van der Waals surface area contributed by atoms with E-state index in [-0.39, 0.29) is 0 Å². The maximum Gasteiger partial charge on any atom is 0.111 e. The molecule has 148 valence electrons. The number of rotatable bonds is 2. The summed E-state index contributed by atoms with van der Waals surface area (Å²) in [5, 5.41) is 5.11. The van der Waals surface area contributed by atoms with Crippen molar-refractivity contribution in [3.63, 3.8) is 0 Å². The number of hydrogen-bond acceptors (Lipinski definition) is 2. The van der Waals surface area contributed by atoms with Crippen molar-refractivity contribution in [3.8, 4) is 0 Å². The quantitative estimate of drug-likeness (QED) is 0.200. The molecule has 0 N–H and O–H groups in total. The molecule has 6 rings (SSSR count). The van der Waals surface area contributed by atoms with Crippen LogP contribution in [0.5, 0.6) is 0 Å². The maximum absolute atomic E-state index is 4.94. The van der Waals surface area contributed by atoms with Gasteiger partial charge in [0, 0.05) is 26.2 Å². The summed E-state index contributed by atoms with van der Waals surface area (Å²) in [6, 6.07) is 31.9. The van der Waals surface area contributed by atoms with E-state index >= 15 is 0 Å². The van der Waals surface area contributed by atoms with Crippen LogP contribution in [0.25, 0.3) is 47.7 Å². The third-order valence-electron chi connectivity index (χ3n) is 5.91. The molecule has 31 heavy (non-hydrogen) atoms. The van der Waals surface area contributed by atoms with Gasteiger partial charge in [-0.2, -0.15) is 0 Å². The second-order valence-corrected chi connectivity index (χ2v) is 8.81. The fraction of sp³-hybridized carbons (Fsp3) is 0.0357. The number of fused-ring (bicyclic) bond motifs is 7. The minimum atomic E-state index is 0.771. The molecule has 0 atom stereocenters.